The van der Waals surface area contributed by atoms with Gasteiger partial charge in [-0.2, -0.15) is 13.2 Å². The van der Waals surface area contributed by atoms with Gasteiger partial charge in [0.2, 0.25) is 0 Å². The fraction of sp³-hybridized carbons (Fsp3) is 0.625. The SMILES string of the molecule is CN1CCN(N2CCN(c3ccc(N)cc3C(F)(F)F)CC2)CC1. The van der Waals surface area contributed by atoms with Crippen LogP contribution in [0.2, 0.25) is 0 Å². The zero-order valence-corrected chi connectivity index (χ0v) is 13.9. The molecule has 2 fully saturated rings. The molecule has 2 aliphatic rings. The van der Waals surface area contributed by atoms with E-state index in [4.69, 9.17) is 5.73 Å². The van der Waals surface area contributed by atoms with Crippen LogP contribution in [0.4, 0.5) is 24.5 Å². The van der Waals surface area contributed by atoms with E-state index in [1.54, 1.807) is 0 Å². The van der Waals surface area contributed by atoms with Gasteiger partial charge in [0.15, 0.2) is 0 Å². The Morgan fingerprint density at radius 3 is 1.96 bits per heavy atom. The molecule has 0 aliphatic carbocycles. The van der Waals surface area contributed by atoms with Gasteiger partial charge >= 0.3 is 6.18 Å². The molecule has 3 rings (SSSR count). The van der Waals surface area contributed by atoms with Crippen LogP contribution in [0.15, 0.2) is 18.2 Å². The van der Waals surface area contributed by atoms with E-state index in [1.165, 1.54) is 12.1 Å². The van der Waals surface area contributed by atoms with Gasteiger partial charge in [0, 0.05) is 63.7 Å². The first-order valence-electron chi connectivity index (χ1n) is 8.24. The topological polar surface area (TPSA) is 39.0 Å². The molecule has 2 saturated heterocycles. The molecular formula is C16H24F3N5. The number of likely N-dealkylation sites (N-methyl/N-ethyl adjacent to an activating group) is 1. The number of hydrogen-bond acceptors (Lipinski definition) is 5. The van der Waals surface area contributed by atoms with Gasteiger partial charge in [0.05, 0.1) is 5.56 Å². The second-order valence-corrected chi connectivity index (χ2v) is 6.47. The van der Waals surface area contributed by atoms with Gasteiger partial charge in [0.1, 0.15) is 0 Å². The summed E-state index contributed by atoms with van der Waals surface area (Å²) in [6, 6.07) is 4.06. The number of halogens is 3. The Bertz CT molecular complexity index is 561. The number of hydrazine groups is 1. The number of anilines is 2. The van der Waals surface area contributed by atoms with E-state index in [9.17, 15) is 13.2 Å². The normalized spacial score (nSPS) is 22.1. The van der Waals surface area contributed by atoms with Gasteiger partial charge in [-0.05, 0) is 25.2 Å². The predicted molar refractivity (Wildman–Crippen MR) is 88.7 cm³/mol. The minimum absolute atomic E-state index is 0.141. The van der Waals surface area contributed by atoms with Crippen LogP contribution in [-0.2, 0) is 6.18 Å². The number of nitrogens with zero attached hydrogens (tertiary/aromatic N) is 4. The smallest absolute Gasteiger partial charge is 0.399 e. The van der Waals surface area contributed by atoms with Crippen molar-refractivity contribution in [2.24, 2.45) is 0 Å². The summed E-state index contributed by atoms with van der Waals surface area (Å²) in [5.41, 5.74) is 5.28. The lowest BCUT2D eigenvalue weighted by molar-refractivity contribution is -0.137. The first-order valence-corrected chi connectivity index (χ1v) is 8.24. The van der Waals surface area contributed by atoms with E-state index in [-0.39, 0.29) is 11.4 Å². The van der Waals surface area contributed by atoms with Crippen molar-refractivity contribution in [3.05, 3.63) is 23.8 Å². The first-order chi connectivity index (χ1) is 11.3. The number of hydrogen-bond donors (Lipinski definition) is 1. The van der Waals surface area contributed by atoms with Crippen molar-refractivity contribution >= 4 is 11.4 Å². The molecule has 0 bridgehead atoms. The average molecular weight is 343 g/mol. The lowest BCUT2D eigenvalue weighted by Gasteiger charge is -2.45. The Hall–Kier alpha value is -1.51. The second-order valence-electron chi connectivity index (χ2n) is 6.47. The van der Waals surface area contributed by atoms with Crippen LogP contribution < -0.4 is 10.6 Å². The third-order valence-electron chi connectivity index (χ3n) is 4.80. The highest BCUT2D eigenvalue weighted by Gasteiger charge is 2.36. The number of nitrogens with two attached hydrogens (primary N) is 1. The van der Waals surface area contributed by atoms with Crippen LogP contribution in [0.1, 0.15) is 5.56 Å². The van der Waals surface area contributed by atoms with Crippen LogP contribution in [-0.4, -0.2) is 74.3 Å². The Morgan fingerprint density at radius 2 is 1.42 bits per heavy atom. The summed E-state index contributed by atoms with van der Waals surface area (Å²) in [5, 5.41) is 4.60. The summed E-state index contributed by atoms with van der Waals surface area (Å²) >= 11 is 0. The summed E-state index contributed by atoms with van der Waals surface area (Å²) < 4.78 is 39.8. The summed E-state index contributed by atoms with van der Waals surface area (Å²) in [6.45, 7) is 6.65. The Labute approximate surface area is 140 Å². The van der Waals surface area contributed by atoms with Gasteiger partial charge in [-0.3, -0.25) is 0 Å². The maximum atomic E-state index is 13.3. The summed E-state index contributed by atoms with van der Waals surface area (Å²) in [7, 11) is 2.11. The molecule has 8 heteroatoms. The lowest BCUT2D eigenvalue weighted by Crippen LogP contribution is -2.58. The number of alkyl halides is 3. The third-order valence-corrected chi connectivity index (χ3v) is 4.80. The second kappa shape index (κ2) is 6.78. The summed E-state index contributed by atoms with van der Waals surface area (Å²) in [5.74, 6) is 0. The number of rotatable bonds is 2. The monoisotopic (exact) mass is 343 g/mol. The molecule has 2 heterocycles. The highest BCUT2D eigenvalue weighted by Crippen LogP contribution is 2.38. The van der Waals surface area contributed by atoms with Gasteiger partial charge < -0.3 is 15.5 Å². The molecule has 5 nitrogen and oxygen atoms in total. The molecule has 0 amide bonds. The molecule has 2 aliphatic heterocycles. The molecule has 0 radical (unpaired) electrons. The summed E-state index contributed by atoms with van der Waals surface area (Å²) in [4.78, 5) is 4.10. The number of benzene rings is 1. The highest BCUT2D eigenvalue weighted by atomic mass is 19.4. The number of nitrogen functional groups attached to an aromatic ring is 1. The van der Waals surface area contributed by atoms with Gasteiger partial charge in [0.25, 0.3) is 0 Å². The van der Waals surface area contributed by atoms with Gasteiger partial charge in [-0.25, -0.2) is 10.0 Å². The van der Waals surface area contributed by atoms with Crippen molar-refractivity contribution in [2.75, 3.05) is 70.0 Å². The molecule has 0 spiro atoms. The van der Waals surface area contributed by atoms with E-state index >= 15 is 0 Å². The molecule has 0 aromatic heterocycles. The van der Waals surface area contributed by atoms with Crippen molar-refractivity contribution in [1.82, 2.24) is 14.9 Å². The van der Waals surface area contributed by atoms with E-state index in [0.717, 1.165) is 45.3 Å². The molecule has 24 heavy (non-hydrogen) atoms. The van der Waals surface area contributed by atoms with Crippen molar-refractivity contribution in [3.8, 4) is 0 Å². The molecule has 0 saturated carbocycles. The third kappa shape index (κ3) is 3.76. The molecule has 134 valence electrons. The summed E-state index contributed by atoms with van der Waals surface area (Å²) in [6.07, 6.45) is -4.39. The van der Waals surface area contributed by atoms with Crippen LogP contribution in [0.3, 0.4) is 0 Å². The Kier molecular flexibility index (Phi) is 4.89. The van der Waals surface area contributed by atoms with Crippen LogP contribution in [0.5, 0.6) is 0 Å². The fourth-order valence-electron chi connectivity index (χ4n) is 3.35. The molecular weight excluding hydrogens is 319 g/mol. The van der Waals surface area contributed by atoms with Crippen LogP contribution in [0.25, 0.3) is 0 Å². The molecule has 1 aromatic rings. The average Bonchev–Trinajstić information content (AvgIpc) is 2.55. The molecule has 2 N–H and O–H groups in total. The Balaban J connectivity index is 1.67. The standard InChI is InChI=1S/C16H24F3N5/c1-21-4-8-23(9-5-21)24-10-6-22(7-11-24)15-3-2-13(20)12-14(15)16(17,18)19/h2-3,12H,4-11,20H2,1H3. The Morgan fingerprint density at radius 1 is 0.875 bits per heavy atom. The van der Waals surface area contributed by atoms with E-state index in [0.29, 0.717) is 13.1 Å². The largest absolute Gasteiger partial charge is 0.418 e. The molecule has 0 atom stereocenters. The quantitative estimate of drug-likeness (QED) is 0.826. The van der Waals surface area contributed by atoms with E-state index in [1.807, 2.05) is 4.90 Å². The maximum absolute atomic E-state index is 13.3. The molecule has 1 aromatic carbocycles. The minimum atomic E-state index is -4.39. The zero-order valence-electron chi connectivity index (χ0n) is 13.9. The predicted octanol–water partition coefficient (Wildman–Crippen LogP) is 1.57. The van der Waals surface area contributed by atoms with Crippen LogP contribution in [0, 0.1) is 0 Å². The molecule has 0 unspecified atom stereocenters. The van der Waals surface area contributed by atoms with Crippen molar-refractivity contribution in [1.29, 1.82) is 0 Å². The minimum Gasteiger partial charge on any atom is -0.399 e. The van der Waals surface area contributed by atoms with Crippen molar-refractivity contribution in [2.45, 2.75) is 6.18 Å². The number of piperazine rings is 2. The van der Waals surface area contributed by atoms with E-state index in [2.05, 4.69) is 22.0 Å². The van der Waals surface area contributed by atoms with Crippen molar-refractivity contribution in [3.63, 3.8) is 0 Å². The highest BCUT2D eigenvalue weighted by molar-refractivity contribution is 5.61. The van der Waals surface area contributed by atoms with E-state index < -0.39 is 11.7 Å². The van der Waals surface area contributed by atoms with Crippen molar-refractivity contribution < 1.29 is 13.2 Å². The lowest BCUT2D eigenvalue weighted by atomic mass is 10.1. The first kappa shape index (κ1) is 17.3. The zero-order chi connectivity index (χ0) is 17.3. The van der Waals surface area contributed by atoms with Gasteiger partial charge in [-0.1, -0.05) is 0 Å². The van der Waals surface area contributed by atoms with Crippen LogP contribution >= 0.6 is 0 Å². The van der Waals surface area contributed by atoms with Gasteiger partial charge in [-0.15, -0.1) is 0 Å². The maximum Gasteiger partial charge on any atom is 0.418 e. The fourth-order valence-corrected chi connectivity index (χ4v) is 3.35.